The van der Waals surface area contributed by atoms with Crippen molar-refractivity contribution in [1.29, 1.82) is 0 Å². The van der Waals surface area contributed by atoms with Crippen LogP contribution in [-0.2, 0) is 20.9 Å². The van der Waals surface area contributed by atoms with Crippen molar-refractivity contribution in [1.82, 2.24) is 14.5 Å². The van der Waals surface area contributed by atoms with Crippen LogP contribution < -0.4 is 0 Å². The van der Waals surface area contributed by atoms with Crippen LogP contribution in [0.2, 0.25) is 0 Å². The molecule has 1 aromatic heterocycles. The summed E-state index contributed by atoms with van der Waals surface area (Å²) in [6.07, 6.45) is 5.27. The first kappa shape index (κ1) is 19.9. The van der Waals surface area contributed by atoms with Gasteiger partial charge in [0, 0.05) is 18.9 Å². The fraction of sp³-hybridized carbons (Fsp3) is 0.292. The van der Waals surface area contributed by atoms with Crippen molar-refractivity contribution in [2.75, 3.05) is 0 Å². The van der Waals surface area contributed by atoms with Crippen LogP contribution in [0.3, 0.4) is 0 Å². The van der Waals surface area contributed by atoms with Crippen molar-refractivity contribution in [3.8, 4) is 0 Å². The lowest BCUT2D eigenvalue weighted by Gasteiger charge is -2.38. The minimum absolute atomic E-state index is 0.00442. The zero-order valence-electron chi connectivity index (χ0n) is 17.1. The molecule has 0 N–H and O–H groups in total. The number of esters is 1. The predicted molar refractivity (Wildman–Crippen MR) is 118 cm³/mol. The summed E-state index contributed by atoms with van der Waals surface area (Å²) in [4.78, 5) is 31.9. The van der Waals surface area contributed by atoms with Gasteiger partial charge in [0.15, 0.2) is 6.10 Å². The molecule has 0 radical (unpaired) electrons. The number of imidazole rings is 1. The Kier molecular flexibility index (Phi) is 5.06. The standard InChI is InChI=1S/C24H23N3O3S/c1-24(15-26-13-12-25-16-26)22(27-19(28)14-20(27)31-24)23(29)30-21(17-8-4-2-5-9-17)18-10-6-3-7-11-18/h2-13,16,20-22H,14-15H2,1H3/t20?,22?,24-/m0/s1. The first-order chi connectivity index (χ1) is 15.0. The van der Waals surface area contributed by atoms with Crippen LogP contribution in [-0.4, -0.2) is 42.5 Å². The van der Waals surface area contributed by atoms with Crippen LogP contribution in [0.25, 0.3) is 0 Å². The number of amides is 1. The van der Waals surface area contributed by atoms with Crippen LogP contribution in [0.15, 0.2) is 79.4 Å². The topological polar surface area (TPSA) is 64.4 Å². The summed E-state index contributed by atoms with van der Waals surface area (Å²) in [5.41, 5.74) is 1.80. The largest absolute Gasteiger partial charge is 0.451 e. The third kappa shape index (κ3) is 3.63. The lowest BCUT2D eigenvalue weighted by molar-refractivity contribution is -0.164. The highest BCUT2D eigenvalue weighted by atomic mass is 32.2. The normalized spacial score (nSPS) is 24.7. The van der Waals surface area contributed by atoms with Gasteiger partial charge in [-0.15, -0.1) is 11.8 Å². The molecule has 2 aromatic carbocycles. The Labute approximate surface area is 185 Å². The molecular formula is C24H23N3O3S. The van der Waals surface area contributed by atoms with Gasteiger partial charge in [0.25, 0.3) is 0 Å². The highest BCUT2D eigenvalue weighted by Crippen LogP contribution is 2.52. The van der Waals surface area contributed by atoms with Crippen LogP contribution in [0.1, 0.15) is 30.6 Å². The summed E-state index contributed by atoms with van der Waals surface area (Å²) in [5.74, 6) is -0.367. The number of hydrogen-bond donors (Lipinski definition) is 0. The number of ether oxygens (including phenoxy) is 1. The Morgan fingerprint density at radius 3 is 2.35 bits per heavy atom. The SMILES string of the molecule is C[C@@]1(Cn2ccnc2)SC2CC(=O)N2C1C(=O)OC(c1ccccc1)c1ccccc1. The molecule has 7 heteroatoms. The van der Waals surface area contributed by atoms with Crippen molar-refractivity contribution in [2.45, 2.75) is 42.2 Å². The number of benzene rings is 2. The van der Waals surface area contributed by atoms with E-state index in [0.29, 0.717) is 13.0 Å². The molecule has 0 spiro atoms. The van der Waals surface area contributed by atoms with Gasteiger partial charge in [0.05, 0.1) is 22.9 Å². The number of β-lactam (4-membered cyclic amide) rings is 1. The zero-order chi connectivity index (χ0) is 21.4. The summed E-state index contributed by atoms with van der Waals surface area (Å²) >= 11 is 1.68. The molecule has 31 heavy (non-hydrogen) atoms. The van der Waals surface area contributed by atoms with Gasteiger partial charge in [-0.3, -0.25) is 4.79 Å². The summed E-state index contributed by atoms with van der Waals surface area (Å²) in [5, 5.41) is 0.0190. The number of rotatable bonds is 6. The van der Waals surface area contributed by atoms with Crippen molar-refractivity contribution >= 4 is 23.6 Å². The Bertz CT molecular complexity index is 1030. The molecule has 3 aromatic rings. The number of fused-ring (bicyclic) bond motifs is 1. The molecule has 2 aliphatic rings. The Morgan fingerprint density at radius 2 is 1.81 bits per heavy atom. The fourth-order valence-corrected chi connectivity index (χ4v) is 6.24. The van der Waals surface area contributed by atoms with E-state index in [4.69, 9.17) is 4.74 Å². The number of carbonyl (C=O) groups excluding carboxylic acids is 2. The molecule has 3 heterocycles. The average Bonchev–Trinajstić information content (AvgIpc) is 3.36. The second kappa shape index (κ2) is 7.89. The molecule has 6 nitrogen and oxygen atoms in total. The molecule has 0 bridgehead atoms. The van der Waals surface area contributed by atoms with E-state index in [1.165, 1.54) is 0 Å². The molecule has 2 fully saturated rings. The van der Waals surface area contributed by atoms with Crippen LogP contribution in [0.4, 0.5) is 0 Å². The maximum absolute atomic E-state index is 13.6. The van der Waals surface area contributed by atoms with E-state index >= 15 is 0 Å². The fourth-order valence-electron chi connectivity index (χ4n) is 4.47. The van der Waals surface area contributed by atoms with Crippen molar-refractivity contribution in [2.24, 2.45) is 0 Å². The summed E-state index contributed by atoms with van der Waals surface area (Å²) < 4.78 is 7.60. The first-order valence-corrected chi connectivity index (χ1v) is 11.2. The van der Waals surface area contributed by atoms with Gasteiger partial charge < -0.3 is 14.2 Å². The van der Waals surface area contributed by atoms with Crippen molar-refractivity contribution < 1.29 is 14.3 Å². The van der Waals surface area contributed by atoms with Crippen molar-refractivity contribution in [3.63, 3.8) is 0 Å². The Balaban J connectivity index is 1.46. The van der Waals surface area contributed by atoms with Gasteiger partial charge in [-0.25, -0.2) is 9.78 Å². The van der Waals surface area contributed by atoms with Gasteiger partial charge in [-0.1, -0.05) is 60.7 Å². The van der Waals surface area contributed by atoms with Gasteiger partial charge in [-0.2, -0.15) is 0 Å². The summed E-state index contributed by atoms with van der Waals surface area (Å²) in [7, 11) is 0. The maximum Gasteiger partial charge on any atom is 0.331 e. The van der Waals surface area contributed by atoms with Crippen molar-refractivity contribution in [3.05, 3.63) is 90.5 Å². The smallest absolute Gasteiger partial charge is 0.331 e. The first-order valence-electron chi connectivity index (χ1n) is 10.3. The molecule has 0 saturated carbocycles. The minimum Gasteiger partial charge on any atom is -0.451 e. The van der Waals surface area contributed by atoms with E-state index in [9.17, 15) is 9.59 Å². The molecule has 5 rings (SSSR count). The lowest BCUT2D eigenvalue weighted by atomic mass is 9.95. The summed E-state index contributed by atoms with van der Waals surface area (Å²) in [6.45, 7) is 2.61. The molecule has 3 atom stereocenters. The van der Waals surface area contributed by atoms with E-state index in [1.807, 2.05) is 78.4 Å². The summed E-state index contributed by atoms with van der Waals surface area (Å²) in [6, 6.07) is 18.8. The third-order valence-corrected chi connectivity index (χ3v) is 7.48. The number of thioether (sulfide) groups is 1. The number of carbonyl (C=O) groups is 2. The third-order valence-electron chi connectivity index (χ3n) is 5.93. The van der Waals surface area contributed by atoms with E-state index in [1.54, 1.807) is 29.2 Å². The van der Waals surface area contributed by atoms with Gasteiger partial charge >= 0.3 is 5.97 Å². The maximum atomic E-state index is 13.6. The van der Waals surface area contributed by atoms with Crippen LogP contribution in [0, 0.1) is 0 Å². The van der Waals surface area contributed by atoms with Crippen LogP contribution >= 0.6 is 11.8 Å². The lowest BCUT2D eigenvalue weighted by Crippen LogP contribution is -2.58. The molecule has 158 valence electrons. The predicted octanol–water partition coefficient (Wildman–Crippen LogP) is 3.65. The zero-order valence-corrected chi connectivity index (χ0v) is 17.9. The molecule has 0 aliphatic carbocycles. The van der Waals surface area contributed by atoms with Gasteiger partial charge in [-0.05, 0) is 18.1 Å². The Hall–Kier alpha value is -3.06. The number of aromatic nitrogens is 2. The van der Waals surface area contributed by atoms with Crippen LogP contribution in [0.5, 0.6) is 0 Å². The quantitative estimate of drug-likeness (QED) is 0.439. The van der Waals surface area contributed by atoms with E-state index in [0.717, 1.165) is 11.1 Å². The highest BCUT2D eigenvalue weighted by Gasteiger charge is 2.61. The molecule has 2 aliphatic heterocycles. The molecular weight excluding hydrogens is 410 g/mol. The van der Waals surface area contributed by atoms with Gasteiger partial charge in [0.2, 0.25) is 5.91 Å². The molecule has 2 saturated heterocycles. The minimum atomic E-state index is -0.652. The molecule has 1 amide bonds. The Morgan fingerprint density at radius 1 is 1.16 bits per heavy atom. The average molecular weight is 434 g/mol. The number of nitrogens with zero attached hydrogens (tertiary/aromatic N) is 3. The monoisotopic (exact) mass is 433 g/mol. The van der Waals surface area contributed by atoms with E-state index < -0.39 is 16.9 Å². The second-order valence-corrected chi connectivity index (χ2v) is 9.88. The second-order valence-electron chi connectivity index (χ2n) is 8.17. The highest BCUT2D eigenvalue weighted by molar-refractivity contribution is 8.01. The van der Waals surface area contributed by atoms with E-state index in [-0.39, 0.29) is 17.3 Å². The van der Waals surface area contributed by atoms with Gasteiger partial charge in [0.1, 0.15) is 6.04 Å². The van der Waals surface area contributed by atoms with E-state index in [2.05, 4.69) is 4.98 Å². The number of hydrogen-bond acceptors (Lipinski definition) is 5. The molecule has 2 unspecified atom stereocenters.